The summed E-state index contributed by atoms with van der Waals surface area (Å²) in [4.78, 5) is 11.6. The fraction of sp³-hybridized carbons (Fsp3) is 0.900. The molecule has 1 heterocycles. The predicted molar refractivity (Wildman–Crippen MR) is 54.9 cm³/mol. The summed E-state index contributed by atoms with van der Waals surface area (Å²) < 4.78 is 5.29. The van der Waals surface area contributed by atoms with E-state index in [-0.39, 0.29) is 18.1 Å². The van der Waals surface area contributed by atoms with Crippen molar-refractivity contribution in [2.75, 3.05) is 13.2 Å². The van der Waals surface area contributed by atoms with Crippen molar-refractivity contribution in [3.05, 3.63) is 0 Å². The highest BCUT2D eigenvalue weighted by atomic mass is 16.5. The van der Waals surface area contributed by atoms with Gasteiger partial charge in [-0.1, -0.05) is 13.3 Å². The molecule has 0 spiro atoms. The highest BCUT2D eigenvalue weighted by molar-refractivity contribution is 5.81. The Kier molecular flexibility index (Phi) is 4.90. The Hall–Kier alpha value is -0.610. The average molecular weight is 200 g/mol. The molecule has 1 saturated heterocycles. The van der Waals surface area contributed by atoms with Gasteiger partial charge in [0.1, 0.15) is 6.10 Å². The van der Waals surface area contributed by atoms with Gasteiger partial charge in [-0.25, -0.2) is 0 Å². The maximum atomic E-state index is 11.6. The summed E-state index contributed by atoms with van der Waals surface area (Å²) in [5, 5.41) is 2.92. The third-order valence-corrected chi connectivity index (χ3v) is 2.49. The van der Waals surface area contributed by atoms with E-state index in [4.69, 9.17) is 10.5 Å². The molecular weight excluding hydrogens is 180 g/mol. The minimum atomic E-state index is -0.235. The highest BCUT2D eigenvalue weighted by Gasteiger charge is 2.24. The van der Waals surface area contributed by atoms with Crippen LogP contribution in [0.5, 0.6) is 0 Å². The summed E-state index contributed by atoms with van der Waals surface area (Å²) in [6.07, 6.45) is 3.57. The van der Waals surface area contributed by atoms with Gasteiger partial charge in [0.05, 0.1) is 0 Å². The zero-order valence-electron chi connectivity index (χ0n) is 8.79. The van der Waals surface area contributed by atoms with Crippen LogP contribution in [0.1, 0.15) is 32.6 Å². The molecular formula is C10H20N2O2. The first-order valence-electron chi connectivity index (χ1n) is 5.40. The Bertz CT molecular complexity index is 179. The van der Waals surface area contributed by atoms with E-state index >= 15 is 0 Å². The molecule has 1 unspecified atom stereocenters. The topological polar surface area (TPSA) is 64.3 Å². The first-order valence-corrected chi connectivity index (χ1v) is 5.40. The van der Waals surface area contributed by atoms with Gasteiger partial charge in [0.2, 0.25) is 5.91 Å². The third-order valence-electron chi connectivity index (χ3n) is 2.49. The largest absolute Gasteiger partial charge is 0.368 e. The number of nitrogens with one attached hydrogen (secondary N) is 1. The molecule has 0 saturated carbocycles. The second-order valence-corrected chi connectivity index (χ2v) is 3.73. The van der Waals surface area contributed by atoms with Gasteiger partial charge in [-0.2, -0.15) is 0 Å². The van der Waals surface area contributed by atoms with Crippen molar-refractivity contribution in [3.8, 4) is 0 Å². The van der Waals surface area contributed by atoms with Crippen LogP contribution in [-0.2, 0) is 9.53 Å². The summed E-state index contributed by atoms with van der Waals surface area (Å²) in [6.45, 7) is 3.30. The van der Waals surface area contributed by atoms with Crippen molar-refractivity contribution < 1.29 is 9.53 Å². The molecule has 1 amide bonds. The lowest BCUT2D eigenvalue weighted by molar-refractivity contribution is -0.130. The zero-order chi connectivity index (χ0) is 10.4. The van der Waals surface area contributed by atoms with E-state index in [0.717, 1.165) is 25.7 Å². The van der Waals surface area contributed by atoms with Crippen molar-refractivity contribution in [2.45, 2.75) is 44.8 Å². The van der Waals surface area contributed by atoms with Crippen LogP contribution in [-0.4, -0.2) is 31.2 Å². The van der Waals surface area contributed by atoms with E-state index in [1.807, 2.05) is 0 Å². The van der Waals surface area contributed by atoms with Crippen LogP contribution < -0.4 is 11.1 Å². The molecule has 4 heteroatoms. The summed E-state index contributed by atoms with van der Waals surface area (Å²) in [5.41, 5.74) is 5.55. The van der Waals surface area contributed by atoms with Gasteiger partial charge < -0.3 is 15.8 Å². The molecule has 0 aromatic carbocycles. The molecule has 1 aliphatic heterocycles. The number of amides is 1. The number of carbonyl (C=O) groups is 1. The maximum Gasteiger partial charge on any atom is 0.249 e. The van der Waals surface area contributed by atoms with E-state index < -0.39 is 0 Å². The Morgan fingerprint density at radius 3 is 3.00 bits per heavy atom. The Labute approximate surface area is 85.2 Å². The monoisotopic (exact) mass is 200 g/mol. The van der Waals surface area contributed by atoms with Crippen LogP contribution in [0, 0.1) is 0 Å². The highest BCUT2D eigenvalue weighted by Crippen LogP contribution is 2.12. The van der Waals surface area contributed by atoms with Crippen LogP contribution in [0.2, 0.25) is 0 Å². The lowest BCUT2D eigenvalue weighted by atomic mass is 10.1. The van der Waals surface area contributed by atoms with Gasteiger partial charge in [0.25, 0.3) is 0 Å². The fourth-order valence-electron chi connectivity index (χ4n) is 1.68. The third kappa shape index (κ3) is 3.27. The van der Waals surface area contributed by atoms with E-state index in [9.17, 15) is 4.79 Å². The molecule has 4 nitrogen and oxygen atoms in total. The Morgan fingerprint density at radius 2 is 2.50 bits per heavy atom. The van der Waals surface area contributed by atoms with Gasteiger partial charge >= 0.3 is 0 Å². The van der Waals surface area contributed by atoms with E-state index in [2.05, 4.69) is 12.2 Å². The molecule has 82 valence electrons. The SMILES string of the molecule is CCCC(CN)NC(=O)[C@H]1CCCO1. The summed E-state index contributed by atoms with van der Waals surface area (Å²) >= 11 is 0. The molecule has 3 N–H and O–H groups in total. The molecule has 0 bridgehead atoms. The van der Waals surface area contributed by atoms with Gasteiger partial charge in [-0.15, -0.1) is 0 Å². The number of carbonyl (C=O) groups excluding carboxylic acids is 1. The molecule has 1 fully saturated rings. The second-order valence-electron chi connectivity index (χ2n) is 3.73. The Balaban J connectivity index is 2.29. The summed E-state index contributed by atoms with van der Waals surface area (Å²) in [5.74, 6) is 0.00593. The minimum absolute atomic E-state index is 0.00593. The normalized spacial score (nSPS) is 23.4. The van der Waals surface area contributed by atoms with Gasteiger partial charge in [-0.3, -0.25) is 4.79 Å². The Morgan fingerprint density at radius 1 is 1.71 bits per heavy atom. The van der Waals surface area contributed by atoms with Crippen molar-refractivity contribution in [2.24, 2.45) is 5.73 Å². The lowest BCUT2D eigenvalue weighted by Gasteiger charge is -2.18. The van der Waals surface area contributed by atoms with E-state index in [1.54, 1.807) is 0 Å². The average Bonchev–Trinajstić information content (AvgIpc) is 2.69. The predicted octanol–water partition coefficient (Wildman–Crippen LogP) is 0.409. The fourth-order valence-corrected chi connectivity index (χ4v) is 1.68. The zero-order valence-corrected chi connectivity index (χ0v) is 8.79. The van der Waals surface area contributed by atoms with Gasteiger partial charge in [-0.05, 0) is 19.3 Å². The van der Waals surface area contributed by atoms with Gasteiger partial charge in [0.15, 0.2) is 0 Å². The van der Waals surface area contributed by atoms with E-state index in [1.165, 1.54) is 0 Å². The molecule has 1 rings (SSSR count). The van der Waals surface area contributed by atoms with Crippen molar-refractivity contribution >= 4 is 5.91 Å². The maximum absolute atomic E-state index is 11.6. The number of ether oxygens (including phenoxy) is 1. The molecule has 0 aliphatic carbocycles. The van der Waals surface area contributed by atoms with Crippen LogP contribution in [0.25, 0.3) is 0 Å². The van der Waals surface area contributed by atoms with E-state index in [0.29, 0.717) is 13.2 Å². The van der Waals surface area contributed by atoms with Gasteiger partial charge in [0, 0.05) is 19.2 Å². The molecule has 0 radical (unpaired) electrons. The molecule has 0 aromatic rings. The number of hydrogen-bond donors (Lipinski definition) is 2. The summed E-state index contributed by atoms with van der Waals surface area (Å²) in [7, 11) is 0. The second kappa shape index (κ2) is 5.98. The van der Waals surface area contributed by atoms with Crippen molar-refractivity contribution in [1.29, 1.82) is 0 Å². The molecule has 0 aromatic heterocycles. The standard InChI is InChI=1S/C10H20N2O2/c1-2-4-8(7-11)12-10(13)9-5-3-6-14-9/h8-9H,2-7,11H2,1H3,(H,12,13)/t8?,9-/m1/s1. The van der Waals surface area contributed by atoms with Crippen LogP contribution in [0.3, 0.4) is 0 Å². The van der Waals surface area contributed by atoms with Crippen molar-refractivity contribution in [3.63, 3.8) is 0 Å². The quantitative estimate of drug-likeness (QED) is 0.675. The molecule has 1 aliphatic rings. The molecule has 14 heavy (non-hydrogen) atoms. The minimum Gasteiger partial charge on any atom is -0.368 e. The van der Waals surface area contributed by atoms with Crippen LogP contribution >= 0.6 is 0 Å². The number of rotatable bonds is 5. The smallest absolute Gasteiger partial charge is 0.249 e. The first-order chi connectivity index (χ1) is 6.77. The van der Waals surface area contributed by atoms with Crippen LogP contribution in [0.15, 0.2) is 0 Å². The lowest BCUT2D eigenvalue weighted by Crippen LogP contribution is -2.44. The molecule has 2 atom stereocenters. The van der Waals surface area contributed by atoms with Crippen molar-refractivity contribution in [1.82, 2.24) is 5.32 Å². The number of nitrogens with two attached hydrogens (primary N) is 1. The summed E-state index contributed by atoms with van der Waals surface area (Å²) in [6, 6.07) is 0.108. The van der Waals surface area contributed by atoms with Crippen LogP contribution in [0.4, 0.5) is 0 Å². The first kappa shape index (κ1) is 11.5. The number of hydrogen-bond acceptors (Lipinski definition) is 3.